The molecule has 1 atom stereocenters. The Kier molecular flexibility index (Phi) is 4.09. The van der Waals surface area contributed by atoms with E-state index in [9.17, 15) is 8.42 Å². The number of hydrogen-bond acceptors (Lipinski definition) is 4. The van der Waals surface area contributed by atoms with Crippen molar-refractivity contribution in [2.24, 2.45) is 5.73 Å². The molecule has 92 valence electrons. The molecule has 5 nitrogen and oxygen atoms in total. The number of rotatable bonds is 5. The van der Waals surface area contributed by atoms with Crippen molar-refractivity contribution in [1.29, 1.82) is 0 Å². The van der Waals surface area contributed by atoms with Crippen molar-refractivity contribution in [1.82, 2.24) is 9.78 Å². The number of nitrogens with zero attached hydrogens (tertiary/aromatic N) is 2. The van der Waals surface area contributed by atoms with Crippen molar-refractivity contribution in [3.05, 3.63) is 18.0 Å². The van der Waals surface area contributed by atoms with Crippen molar-refractivity contribution >= 4 is 9.84 Å². The summed E-state index contributed by atoms with van der Waals surface area (Å²) in [6.07, 6.45) is 1.79. The van der Waals surface area contributed by atoms with Crippen molar-refractivity contribution in [2.75, 3.05) is 5.75 Å². The highest BCUT2D eigenvalue weighted by Crippen LogP contribution is 2.08. The molecule has 2 N–H and O–H groups in total. The molecule has 1 rings (SSSR count). The molecule has 0 radical (unpaired) electrons. The molecular weight excluding hydrogens is 226 g/mol. The van der Waals surface area contributed by atoms with Gasteiger partial charge in [0.25, 0.3) is 0 Å². The third-order valence-electron chi connectivity index (χ3n) is 2.08. The van der Waals surface area contributed by atoms with E-state index >= 15 is 0 Å². The highest BCUT2D eigenvalue weighted by molar-refractivity contribution is 7.90. The van der Waals surface area contributed by atoms with E-state index in [4.69, 9.17) is 5.73 Å². The van der Waals surface area contributed by atoms with Gasteiger partial charge in [-0.1, -0.05) is 0 Å². The zero-order chi connectivity index (χ0) is 12.3. The summed E-state index contributed by atoms with van der Waals surface area (Å²) in [7, 11) is -3.15. The second-order valence-electron chi connectivity index (χ2n) is 4.41. The summed E-state index contributed by atoms with van der Waals surface area (Å²) in [5, 5.41) is 4.20. The molecule has 0 fully saturated rings. The Morgan fingerprint density at radius 2 is 2.06 bits per heavy atom. The second kappa shape index (κ2) is 4.97. The molecule has 0 aliphatic rings. The molecule has 1 aromatic rings. The van der Waals surface area contributed by atoms with E-state index in [2.05, 4.69) is 5.10 Å². The van der Waals surface area contributed by atoms with Crippen molar-refractivity contribution in [2.45, 2.75) is 38.6 Å². The highest BCUT2D eigenvalue weighted by Gasteiger charge is 2.16. The van der Waals surface area contributed by atoms with E-state index < -0.39 is 9.84 Å². The monoisotopic (exact) mass is 245 g/mol. The molecule has 1 aromatic heterocycles. The Labute approximate surface area is 96.6 Å². The number of aromatic nitrogens is 2. The Morgan fingerprint density at radius 3 is 2.50 bits per heavy atom. The third-order valence-corrected chi connectivity index (χ3v) is 3.85. The van der Waals surface area contributed by atoms with Gasteiger partial charge in [0, 0.05) is 18.3 Å². The Hall–Kier alpha value is -0.880. The molecule has 0 saturated heterocycles. The molecule has 0 aromatic carbocycles. The van der Waals surface area contributed by atoms with Gasteiger partial charge in [-0.3, -0.25) is 4.68 Å². The summed E-state index contributed by atoms with van der Waals surface area (Å²) in [5.74, 6) is -0.0319. The normalized spacial score (nSPS) is 14.3. The van der Waals surface area contributed by atoms with Crippen LogP contribution in [0.5, 0.6) is 0 Å². The molecule has 6 heteroatoms. The summed E-state index contributed by atoms with van der Waals surface area (Å²) in [6.45, 7) is 5.67. The summed E-state index contributed by atoms with van der Waals surface area (Å²) in [5.41, 5.74) is 6.06. The lowest BCUT2D eigenvalue weighted by atomic mass is 10.4. The minimum atomic E-state index is -3.15. The Morgan fingerprint density at radius 1 is 1.44 bits per heavy atom. The van der Waals surface area contributed by atoms with E-state index in [1.54, 1.807) is 23.9 Å². The van der Waals surface area contributed by atoms with Crippen LogP contribution in [0.4, 0.5) is 0 Å². The smallest absolute Gasteiger partial charge is 0.157 e. The van der Waals surface area contributed by atoms with E-state index in [0.29, 0.717) is 5.69 Å². The largest absolute Gasteiger partial charge is 0.327 e. The van der Waals surface area contributed by atoms with Crippen molar-refractivity contribution in [3.63, 3.8) is 0 Å². The minimum absolute atomic E-state index is 0.00153. The molecule has 1 heterocycles. The first-order valence-corrected chi connectivity index (χ1v) is 7.12. The first-order valence-electron chi connectivity index (χ1n) is 5.30. The predicted molar refractivity (Wildman–Crippen MR) is 63.8 cm³/mol. The lowest BCUT2D eigenvalue weighted by Gasteiger charge is -2.06. The van der Waals surface area contributed by atoms with Gasteiger partial charge in [-0.25, -0.2) is 8.42 Å². The van der Waals surface area contributed by atoms with Gasteiger partial charge >= 0.3 is 0 Å². The molecule has 0 spiro atoms. The average Bonchev–Trinajstić information content (AvgIpc) is 2.48. The van der Waals surface area contributed by atoms with Crippen molar-refractivity contribution < 1.29 is 8.42 Å². The van der Waals surface area contributed by atoms with E-state index in [1.807, 2.05) is 13.8 Å². The van der Waals surface area contributed by atoms with Gasteiger partial charge in [-0.05, 0) is 26.8 Å². The van der Waals surface area contributed by atoms with Gasteiger partial charge in [-0.15, -0.1) is 0 Å². The lowest BCUT2D eigenvalue weighted by Crippen LogP contribution is -2.27. The maximum Gasteiger partial charge on any atom is 0.157 e. The minimum Gasteiger partial charge on any atom is -0.327 e. The SMILES string of the molecule is CC(N)CS(=O)(=O)Cc1ccn(C(C)C)n1. The van der Waals surface area contributed by atoms with E-state index in [-0.39, 0.29) is 23.6 Å². The number of sulfone groups is 1. The van der Waals surface area contributed by atoms with Crippen molar-refractivity contribution in [3.8, 4) is 0 Å². The molecule has 0 amide bonds. The van der Waals surface area contributed by atoms with Crippen LogP contribution in [0.15, 0.2) is 12.3 Å². The zero-order valence-electron chi connectivity index (χ0n) is 9.92. The number of nitrogens with two attached hydrogens (primary N) is 1. The van der Waals surface area contributed by atoms with Crippen LogP contribution in [0, 0.1) is 0 Å². The van der Waals surface area contributed by atoms with Crippen LogP contribution < -0.4 is 5.73 Å². The topological polar surface area (TPSA) is 78.0 Å². The Bertz CT molecular complexity index is 435. The van der Waals surface area contributed by atoms with Crippen LogP contribution in [0.2, 0.25) is 0 Å². The van der Waals surface area contributed by atoms with Crippen LogP contribution in [0.3, 0.4) is 0 Å². The molecule has 0 saturated carbocycles. The third kappa shape index (κ3) is 3.94. The highest BCUT2D eigenvalue weighted by atomic mass is 32.2. The fourth-order valence-electron chi connectivity index (χ4n) is 1.43. The zero-order valence-corrected chi connectivity index (χ0v) is 10.7. The first kappa shape index (κ1) is 13.2. The summed E-state index contributed by atoms with van der Waals surface area (Å²) < 4.78 is 25.1. The van der Waals surface area contributed by atoms with Gasteiger partial charge < -0.3 is 5.73 Å². The first-order chi connectivity index (χ1) is 7.30. The van der Waals surface area contributed by atoms with Gasteiger partial charge in [0.1, 0.15) is 0 Å². The van der Waals surface area contributed by atoms with E-state index in [0.717, 1.165) is 0 Å². The van der Waals surface area contributed by atoms with Crippen LogP contribution in [0.1, 0.15) is 32.5 Å². The van der Waals surface area contributed by atoms with Gasteiger partial charge in [-0.2, -0.15) is 5.10 Å². The maximum atomic E-state index is 11.7. The predicted octanol–water partition coefficient (Wildman–Crippen LogP) is 0.726. The van der Waals surface area contributed by atoms with Crippen LogP contribution in [-0.4, -0.2) is 30.0 Å². The van der Waals surface area contributed by atoms with Crippen LogP contribution in [0.25, 0.3) is 0 Å². The van der Waals surface area contributed by atoms with Gasteiger partial charge in [0.2, 0.25) is 0 Å². The fourth-order valence-corrected chi connectivity index (χ4v) is 2.95. The van der Waals surface area contributed by atoms with Gasteiger partial charge in [0.15, 0.2) is 9.84 Å². The van der Waals surface area contributed by atoms with Crippen LogP contribution in [-0.2, 0) is 15.6 Å². The summed E-state index contributed by atoms with van der Waals surface area (Å²) in [6, 6.07) is 1.64. The molecular formula is C10H19N3O2S. The molecule has 0 aliphatic carbocycles. The molecule has 1 unspecified atom stereocenters. The quantitative estimate of drug-likeness (QED) is 0.829. The standard InChI is InChI=1S/C10H19N3O2S/c1-8(2)13-5-4-10(12-13)7-16(14,15)6-9(3)11/h4-5,8-9H,6-7,11H2,1-3H3. The molecule has 0 bridgehead atoms. The summed E-state index contributed by atoms with van der Waals surface area (Å²) in [4.78, 5) is 0. The maximum absolute atomic E-state index is 11.7. The molecule has 0 aliphatic heterocycles. The van der Waals surface area contributed by atoms with E-state index in [1.165, 1.54) is 0 Å². The number of hydrogen-bond donors (Lipinski definition) is 1. The fraction of sp³-hybridized carbons (Fsp3) is 0.700. The Balaban J connectivity index is 2.73. The lowest BCUT2D eigenvalue weighted by molar-refractivity contribution is 0.527. The molecule has 16 heavy (non-hydrogen) atoms. The average molecular weight is 245 g/mol. The van der Waals surface area contributed by atoms with Gasteiger partial charge in [0.05, 0.1) is 17.2 Å². The summed E-state index contributed by atoms with van der Waals surface area (Å²) >= 11 is 0. The van der Waals surface area contributed by atoms with Crippen LogP contribution >= 0.6 is 0 Å². The second-order valence-corrected chi connectivity index (χ2v) is 6.52.